The SMILES string of the molecule is COC(=O)N[C@H](C(=O)N1C[C@@H](C)C[C@H]1c1ncc(-c2ccc3cc(C#Cc4cnc([C@@H]5CC6C[C@H]6N5C(=O)[C@@H](NC(=O)OC)C5CCOCC5)[nH]4)ccc3c2)[nH]1)C1CCOCC1. The number of aromatic amines is 2. The van der Waals surface area contributed by atoms with Crippen molar-refractivity contribution < 1.29 is 38.1 Å². The maximum absolute atomic E-state index is 14.2. The van der Waals surface area contributed by atoms with Gasteiger partial charge in [-0.2, -0.15) is 0 Å². The van der Waals surface area contributed by atoms with E-state index in [1.165, 1.54) is 14.2 Å². The molecule has 16 heteroatoms. The molecule has 0 bridgehead atoms. The topological polar surface area (TPSA) is 193 Å². The molecule has 2 aromatic carbocycles. The normalized spacial score (nSPS) is 24.7. The summed E-state index contributed by atoms with van der Waals surface area (Å²) in [5.74, 6) is 8.31. The zero-order chi connectivity index (χ0) is 42.9. The Balaban J connectivity index is 0.877. The number of methoxy groups -OCH3 is 2. The predicted molar refractivity (Wildman–Crippen MR) is 226 cm³/mol. The number of carbonyl (C=O) groups excluding carboxylic acids is 4. The van der Waals surface area contributed by atoms with Crippen molar-refractivity contribution in [3.8, 4) is 23.1 Å². The van der Waals surface area contributed by atoms with E-state index in [1.54, 1.807) is 6.20 Å². The quantitative estimate of drug-likeness (QED) is 0.162. The van der Waals surface area contributed by atoms with Crippen LogP contribution in [0.15, 0.2) is 48.8 Å². The van der Waals surface area contributed by atoms with E-state index in [4.69, 9.17) is 23.9 Å². The van der Waals surface area contributed by atoms with Crippen molar-refractivity contribution in [2.75, 3.05) is 47.2 Å². The molecule has 4 N–H and O–H groups in total. The summed E-state index contributed by atoms with van der Waals surface area (Å²) in [4.78, 5) is 73.1. The number of rotatable bonds is 9. The second kappa shape index (κ2) is 17.8. The van der Waals surface area contributed by atoms with Gasteiger partial charge in [0.05, 0.1) is 44.4 Å². The summed E-state index contributed by atoms with van der Waals surface area (Å²) < 4.78 is 20.9. The first-order valence-electron chi connectivity index (χ1n) is 21.8. The van der Waals surface area contributed by atoms with Gasteiger partial charge in [-0.3, -0.25) is 9.59 Å². The molecule has 4 aromatic rings. The monoisotopic (exact) mass is 846 g/mol. The number of hydrogen-bond donors (Lipinski definition) is 4. The Bertz CT molecular complexity index is 2370. The van der Waals surface area contributed by atoms with Crippen molar-refractivity contribution in [1.29, 1.82) is 0 Å². The Labute approximate surface area is 360 Å². The number of aromatic nitrogens is 4. The van der Waals surface area contributed by atoms with Gasteiger partial charge >= 0.3 is 12.2 Å². The van der Waals surface area contributed by atoms with E-state index in [1.807, 2.05) is 34.2 Å². The summed E-state index contributed by atoms with van der Waals surface area (Å²) in [6.45, 7) is 4.92. The van der Waals surface area contributed by atoms with E-state index in [9.17, 15) is 19.2 Å². The molecule has 16 nitrogen and oxygen atoms in total. The summed E-state index contributed by atoms with van der Waals surface area (Å²) >= 11 is 0. The number of amides is 4. The number of nitrogens with one attached hydrogen (secondary N) is 4. The highest BCUT2D eigenvalue weighted by molar-refractivity contribution is 5.89. The molecule has 1 unspecified atom stereocenters. The summed E-state index contributed by atoms with van der Waals surface area (Å²) in [7, 11) is 2.62. The lowest BCUT2D eigenvalue weighted by molar-refractivity contribution is -0.138. The Morgan fingerprint density at radius 1 is 0.758 bits per heavy atom. The van der Waals surface area contributed by atoms with E-state index in [-0.39, 0.29) is 47.7 Å². The molecule has 1 saturated carbocycles. The average Bonchev–Trinajstić information content (AvgIpc) is 3.78. The molecule has 9 rings (SSSR count). The van der Waals surface area contributed by atoms with Crippen LogP contribution in [0.25, 0.3) is 22.0 Å². The number of fused-ring (bicyclic) bond motifs is 2. The van der Waals surface area contributed by atoms with Crippen LogP contribution < -0.4 is 10.6 Å². The second-order valence-corrected chi connectivity index (χ2v) is 17.4. The zero-order valence-corrected chi connectivity index (χ0v) is 35.4. The number of likely N-dealkylation sites (tertiary alicyclic amines) is 2. The molecule has 4 saturated heterocycles. The third-order valence-electron chi connectivity index (χ3n) is 13.4. The van der Waals surface area contributed by atoms with Gasteiger partial charge in [0.1, 0.15) is 29.4 Å². The number of ether oxygens (including phenoxy) is 4. The van der Waals surface area contributed by atoms with E-state index in [0.29, 0.717) is 81.9 Å². The van der Waals surface area contributed by atoms with Crippen LogP contribution in [-0.4, -0.2) is 119 Å². The Morgan fingerprint density at radius 2 is 1.39 bits per heavy atom. The molecule has 4 aliphatic heterocycles. The fourth-order valence-electron chi connectivity index (χ4n) is 9.99. The Morgan fingerprint density at radius 3 is 2.08 bits per heavy atom. The number of alkyl carbamates (subject to hydrolysis) is 2. The van der Waals surface area contributed by atoms with Gasteiger partial charge in [-0.1, -0.05) is 31.0 Å². The van der Waals surface area contributed by atoms with Gasteiger partial charge in [0, 0.05) is 50.1 Å². The van der Waals surface area contributed by atoms with Crippen LogP contribution in [-0.2, 0) is 28.5 Å². The van der Waals surface area contributed by atoms with Gasteiger partial charge in [0.25, 0.3) is 0 Å². The smallest absolute Gasteiger partial charge is 0.407 e. The molecule has 4 amide bonds. The van der Waals surface area contributed by atoms with Crippen molar-refractivity contribution in [1.82, 2.24) is 40.4 Å². The number of hydrogen-bond acceptors (Lipinski definition) is 10. The van der Waals surface area contributed by atoms with Gasteiger partial charge < -0.3 is 49.3 Å². The van der Waals surface area contributed by atoms with Crippen molar-refractivity contribution in [3.63, 3.8) is 0 Å². The fourth-order valence-corrected chi connectivity index (χ4v) is 9.99. The molecule has 5 fully saturated rings. The maximum atomic E-state index is 14.2. The maximum Gasteiger partial charge on any atom is 0.407 e. The van der Waals surface area contributed by atoms with Crippen LogP contribution in [0.4, 0.5) is 9.59 Å². The zero-order valence-electron chi connectivity index (χ0n) is 35.4. The molecule has 62 heavy (non-hydrogen) atoms. The number of imidazole rings is 2. The van der Waals surface area contributed by atoms with Gasteiger partial charge in [0.2, 0.25) is 11.8 Å². The first-order valence-corrected chi connectivity index (χ1v) is 21.8. The number of benzene rings is 2. The number of piperidine rings is 1. The number of H-pyrrole nitrogens is 2. The molecule has 0 radical (unpaired) electrons. The summed E-state index contributed by atoms with van der Waals surface area (Å²) in [5.41, 5.74) is 3.31. The third kappa shape index (κ3) is 8.60. The molecule has 0 spiro atoms. The molecule has 6 heterocycles. The number of carbonyl (C=O) groups is 4. The summed E-state index contributed by atoms with van der Waals surface area (Å²) in [6.07, 6.45) is 7.58. The van der Waals surface area contributed by atoms with Crippen LogP contribution >= 0.6 is 0 Å². The second-order valence-electron chi connectivity index (χ2n) is 17.4. The minimum atomic E-state index is -0.703. The van der Waals surface area contributed by atoms with Gasteiger partial charge in [-0.15, -0.1) is 0 Å². The first kappa shape index (κ1) is 41.4. The highest BCUT2D eigenvalue weighted by Crippen LogP contribution is 2.53. The van der Waals surface area contributed by atoms with E-state index in [2.05, 4.69) is 62.5 Å². The fraction of sp³-hybridized carbons (Fsp3) is 0.522. The largest absolute Gasteiger partial charge is 0.453 e. The van der Waals surface area contributed by atoms with E-state index < -0.39 is 24.3 Å². The van der Waals surface area contributed by atoms with Crippen LogP contribution in [0.2, 0.25) is 0 Å². The lowest BCUT2D eigenvalue weighted by Crippen LogP contribution is -2.54. The van der Waals surface area contributed by atoms with E-state index in [0.717, 1.165) is 46.9 Å². The predicted octanol–water partition coefficient (Wildman–Crippen LogP) is 5.23. The minimum absolute atomic E-state index is 0.0322. The number of nitrogens with zero attached hydrogens (tertiary/aromatic N) is 4. The summed E-state index contributed by atoms with van der Waals surface area (Å²) in [5, 5.41) is 7.73. The highest BCUT2D eigenvalue weighted by Gasteiger charge is 2.56. The van der Waals surface area contributed by atoms with Crippen molar-refractivity contribution in [2.24, 2.45) is 23.7 Å². The molecular formula is C46H54N8O8. The van der Waals surface area contributed by atoms with Gasteiger partial charge in [-0.25, -0.2) is 19.6 Å². The van der Waals surface area contributed by atoms with Crippen molar-refractivity contribution >= 4 is 34.8 Å². The average molecular weight is 847 g/mol. The lowest BCUT2D eigenvalue weighted by atomic mass is 9.90. The van der Waals surface area contributed by atoms with Gasteiger partial charge in [-0.05, 0) is 104 Å². The molecular weight excluding hydrogens is 793 g/mol. The molecule has 326 valence electrons. The Kier molecular flexibility index (Phi) is 11.9. The van der Waals surface area contributed by atoms with E-state index >= 15 is 0 Å². The lowest BCUT2D eigenvalue weighted by Gasteiger charge is -2.35. The Hall–Kier alpha value is -5.92. The third-order valence-corrected chi connectivity index (χ3v) is 13.4. The van der Waals surface area contributed by atoms with Crippen molar-refractivity contribution in [2.45, 2.75) is 82.1 Å². The molecule has 2 aromatic heterocycles. The highest BCUT2D eigenvalue weighted by atomic mass is 16.5. The van der Waals surface area contributed by atoms with Crippen LogP contribution in [0.3, 0.4) is 0 Å². The minimum Gasteiger partial charge on any atom is -0.453 e. The first-order chi connectivity index (χ1) is 30.2. The van der Waals surface area contributed by atoms with Crippen LogP contribution in [0.5, 0.6) is 0 Å². The van der Waals surface area contributed by atoms with Crippen LogP contribution in [0.1, 0.15) is 86.9 Å². The molecule has 7 atom stereocenters. The summed E-state index contributed by atoms with van der Waals surface area (Å²) in [6, 6.07) is 10.6. The van der Waals surface area contributed by atoms with Gasteiger partial charge in [0.15, 0.2) is 0 Å². The molecule has 1 aliphatic carbocycles. The standard InChI is InChI=1S/C46H54N8O8/c1-26-18-37(53(25-26)43(55)39(51-45(57)59-2)28-10-14-61-15-11-28)41-48-24-35(50-41)32-8-7-30-19-27(4-6-31(30)20-32)5-9-34-23-47-42(49-34)38-22-33-21-36(33)54(38)44(56)40(52-46(58)60-3)29-12-16-62-17-13-29/h4,6-8,19-20,23-24,26,28-29,33,36-40H,10-18,21-22,25H2,1-3H3,(H,47,49)(H,48,50)(H,51,57)(H,52,58)/t26-,33?,36+,37-,38-,39-,40-/m0/s1. The van der Waals surface area contributed by atoms with Crippen molar-refractivity contribution in [3.05, 3.63) is 71.7 Å². The van der Waals surface area contributed by atoms with Crippen LogP contribution in [0, 0.1) is 35.5 Å². The molecule has 5 aliphatic rings.